The highest BCUT2D eigenvalue weighted by atomic mass is 16.7. The second-order valence-corrected chi connectivity index (χ2v) is 8.04. The summed E-state index contributed by atoms with van der Waals surface area (Å²) in [4.78, 5) is 58.7. The molecule has 2 rings (SSSR count). The van der Waals surface area contributed by atoms with E-state index in [0.29, 0.717) is 5.57 Å². The summed E-state index contributed by atoms with van der Waals surface area (Å²) < 4.78 is 26.2. The summed E-state index contributed by atoms with van der Waals surface area (Å²) in [6.45, 7) is 1.98. The molecular weight excluding hydrogens is 456 g/mol. The molecule has 188 valence electrons. The average Bonchev–Trinajstić information content (AvgIpc) is 3.08. The zero-order chi connectivity index (χ0) is 25.6. The third-order valence-corrected chi connectivity index (χ3v) is 5.26. The Morgan fingerprint density at radius 3 is 2.35 bits per heavy atom. The predicted octanol–water partition coefficient (Wildman–Crippen LogP) is -1.57. The van der Waals surface area contributed by atoms with Crippen molar-refractivity contribution in [3.05, 3.63) is 23.9 Å². The van der Waals surface area contributed by atoms with Gasteiger partial charge in [0.05, 0.1) is 32.4 Å². The van der Waals surface area contributed by atoms with Crippen LogP contribution in [0.1, 0.15) is 20.3 Å². The maximum absolute atomic E-state index is 12.1. The van der Waals surface area contributed by atoms with E-state index in [1.54, 1.807) is 25.4 Å². The number of allylic oxidation sites excluding steroid dienone is 2. The molecule has 0 aromatic carbocycles. The second kappa shape index (κ2) is 11.2. The number of carbonyl (C=O) groups is 5. The highest BCUT2D eigenvalue weighted by molar-refractivity contribution is 5.92. The van der Waals surface area contributed by atoms with Gasteiger partial charge in [0.1, 0.15) is 19.3 Å². The molecule has 2 heterocycles. The van der Waals surface area contributed by atoms with Crippen LogP contribution in [0.5, 0.6) is 0 Å². The molecule has 0 bridgehead atoms. The molecule has 13 nitrogen and oxygen atoms in total. The van der Waals surface area contributed by atoms with Crippen molar-refractivity contribution in [3.8, 4) is 0 Å². The summed E-state index contributed by atoms with van der Waals surface area (Å²) in [5.41, 5.74) is 5.71. The number of aliphatic hydroxyl groups excluding tert-OH is 1. The molecule has 1 unspecified atom stereocenters. The fourth-order valence-corrected chi connectivity index (χ4v) is 3.74. The van der Waals surface area contributed by atoms with Crippen molar-refractivity contribution in [1.29, 1.82) is 0 Å². The number of primary amides is 1. The van der Waals surface area contributed by atoms with Crippen molar-refractivity contribution >= 4 is 29.8 Å². The molecule has 2 aliphatic rings. The highest BCUT2D eigenvalue weighted by Crippen LogP contribution is 2.35. The number of nitrogens with two attached hydrogens (primary N) is 1. The van der Waals surface area contributed by atoms with Crippen molar-refractivity contribution in [2.45, 2.75) is 50.9 Å². The molecule has 2 aliphatic heterocycles. The van der Waals surface area contributed by atoms with Crippen LogP contribution >= 0.6 is 0 Å². The summed E-state index contributed by atoms with van der Waals surface area (Å²) in [5.74, 6) is -3.95. The van der Waals surface area contributed by atoms with E-state index < -0.39 is 73.5 Å². The van der Waals surface area contributed by atoms with E-state index in [1.165, 1.54) is 6.92 Å². The van der Waals surface area contributed by atoms with Gasteiger partial charge in [0.15, 0.2) is 12.2 Å². The van der Waals surface area contributed by atoms with Gasteiger partial charge in [-0.2, -0.15) is 0 Å². The lowest BCUT2D eigenvalue weighted by Crippen LogP contribution is -2.57. The first-order chi connectivity index (χ1) is 15.9. The first kappa shape index (κ1) is 27.0. The number of ether oxygens (including phenoxy) is 5. The molecule has 0 saturated carbocycles. The molecule has 0 aromatic heterocycles. The topological polar surface area (TPSA) is 178 Å². The van der Waals surface area contributed by atoms with E-state index in [0.717, 1.165) is 14.0 Å². The second-order valence-electron chi connectivity index (χ2n) is 8.04. The number of amides is 1. The number of nitrogens with zero attached hydrogens (tertiary/aromatic N) is 1. The van der Waals surface area contributed by atoms with Gasteiger partial charge in [-0.1, -0.05) is 0 Å². The van der Waals surface area contributed by atoms with Crippen molar-refractivity contribution < 1.29 is 57.2 Å². The predicted molar refractivity (Wildman–Crippen MR) is 111 cm³/mol. The Hall–Kier alpha value is -3.29. The van der Waals surface area contributed by atoms with Crippen molar-refractivity contribution in [1.82, 2.24) is 0 Å². The van der Waals surface area contributed by atoms with E-state index in [2.05, 4.69) is 4.74 Å². The number of methoxy groups -OCH3 is 1. The fraction of sp³-hybridized carbons (Fsp3) is 0.571. The minimum absolute atomic E-state index is 0.0873. The monoisotopic (exact) mass is 485 g/mol. The molecule has 1 saturated heterocycles. The lowest BCUT2D eigenvalue weighted by molar-refractivity contribution is -0.906. The van der Waals surface area contributed by atoms with Gasteiger partial charge in [-0.05, 0) is 12.2 Å². The number of carbonyl (C=O) groups excluding carboxylic acids is 5. The van der Waals surface area contributed by atoms with Gasteiger partial charge in [-0.25, -0.2) is 4.79 Å². The zero-order valence-corrected chi connectivity index (χ0v) is 19.3. The van der Waals surface area contributed by atoms with Crippen LogP contribution in [0.15, 0.2) is 23.9 Å². The molecule has 0 radical (unpaired) electrons. The van der Waals surface area contributed by atoms with Crippen LogP contribution < -0.4 is 5.73 Å². The Kier molecular flexibility index (Phi) is 8.90. The summed E-state index contributed by atoms with van der Waals surface area (Å²) in [7, 11) is 2.75. The van der Waals surface area contributed by atoms with E-state index in [4.69, 9.17) is 24.7 Å². The van der Waals surface area contributed by atoms with Gasteiger partial charge in [0.2, 0.25) is 18.2 Å². The Bertz CT molecular complexity index is 899. The van der Waals surface area contributed by atoms with Gasteiger partial charge < -0.3 is 34.5 Å². The molecule has 6 atom stereocenters. The average molecular weight is 485 g/mol. The third kappa shape index (κ3) is 6.62. The van der Waals surface area contributed by atoms with E-state index in [9.17, 15) is 29.1 Å². The lowest BCUT2D eigenvalue weighted by Gasteiger charge is -2.39. The highest BCUT2D eigenvalue weighted by Gasteiger charge is 2.57. The molecule has 13 heteroatoms. The standard InChI is InChI=1S/C21H28N2O11/c1-11(24)32-17-15(10-31-16(27)8-14(26)21(29)30-4)34-20(18(17)33-12(2)25)23(3)7-5-6-13(9-23)19(22)28/h5-7,14-15,17-18,20,26H,8-10H2,1-4H3,(H-,22,28)/p+1/t14-,15+,17+,18+,20+,23?/m0/s1. The number of hydrogen-bond donors (Lipinski definition) is 2. The van der Waals surface area contributed by atoms with Crippen LogP contribution in [0.3, 0.4) is 0 Å². The van der Waals surface area contributed by atoms with Gasteiger partial charge >= 0.3 is 23.9 Å². The maximum atomic E-state index is 12.1. The normalized spacial score (nSPS) is 28.9. The molecule has 1 fully saturated rings. The van der Waals surface area contributed by atoms with E-state index in [1.807, 2.05) is 0 Å². The fourth-order valence-electron chi connectivity index (χ4n) is 3.74. The van der Waals surface area contributed by atoms with Gasteiger partial charge in [-0.3, -0.25) is 23.7 Å². The van der Waals surface area contributed by atoms with Crippen molar-refractivity contribution in [2.24, 2.45) is 5.73 Å². The molecular formula is C21H29N2O11+. The van der Waals surface area contributed by atoms with Crippen LogP contribution in [-0.2, 0) is 47.7 Å². The minimum atomic E-state index is -1.71. The number of quaternary nitrogens is 1. The molecule has 34 heavy (non-hydrogen) atoms. The molecule has 0 spiro atoms. The number of rotatable bonds is 9. The number of esters is 4. The molecule has 3 N–H and O–H groups in total. The van der Waals surface area contributed by atoms with Gasteiger partial charge in [0, 0.05) is 13.8 Å². The Labute approximate surface area is 195 Å². The largest absolute Gasteiger partial charge is 0.467 e. The molecule has 0 aliphatic carbocycles. The van der Waals surface area contributed by atoms with Gasteiger partial charge in [0.25, 0.3) is 0 Å². The Morgan fingerprint density at radius 1 is 1.18 bits per heavy atom. The first-order valence-corrected chi connectivity index (χ1v) is 10.3. The summed E-state index contributed by atoms with van der Waals surface area (Å²) in [6.07, 6.45) is -1.84. The molecule has 0 aromatic rings. The molecule has 1 amide bonds. The Balaban J connectivity index is 2.26. The summed E-state index contributed by atoms with van der Waals surface area (Å²) >= 11 is 0. The smallest absolute Gasteiger partial charge is 0.335 e. The number of aliphatic hydroxyl groups is 1. The first-order valence-electron chi connectivity index (χ1n) is 10.3. The number of hydrogen-bond acceptors (Lipinski definition) is 11. The van der Waals surface area contributed by atoms with Crippen LogP contribution in [-0.4, -0.2) is 97.3 Å². The summed E-state index contributed by atoms with van der Waals surface area (Å²) in [5, 5.41) is 9.62. The van der Waals surface area contributed by atoms with Crippen molar-refractivity contribution in [2.75, 3.05) is 27.3 Å². The quantitative estimate of drug-likeness (QED) is 0.219. The van der Waals surface area contributed by atoms with Crippen LogP contribution in [0.25, 0.3) is 0 Å². The summed E-state index contributed by atoms with van der Waals surface area (Å²) in [6, 6.07) is 0. The van der Waals surface area contributed by atoms with E-state index >= 15 is 0 Å². The minimum Gasteiger partial charge on any atom is -0.467 e. The van der Waals surface area contributed by atoms with Crippen LogP contribution in [0.4, 0.5) is 0 Å². The van der Waals surface area contributed by atoms with Gasteiger partial charge in [-0.15, -0.1) is 0 Å². The van der Waals surface area contributed by atoms with Crippen LogP contribution in [0, 0.1) is 0 Å². The van der Waals surface area contributed by atoms with E-state index in [-0.39, 0.29) is 11.0 Å². The maximum Gasteiger partial charge on any atom is 0.335 e. The zero-order valence-electron chi connectivity index (χ0n) is 19.3. The Morgan fingerprint density at radius 2 is 1.79 bits per heavy atom. The van der Waals surface area contributed by atoms with Crippen LogP contribution in [0.2, 0.25) is 0 Å². The number of likely N-dealkylation sites (N-methyl/N-ethyl adjacent to an activating group) is 1. The van der Waals surface area contributed by atoms with Crippen molar-refractivity contribution in [3.63, 3.8) is 0 Å². The third-order valence-electron chi connectivity index (χ3n) is 5.26. The SMILES string of the molecule is COC(=O)[C@@H](O)CC(=O)OC[C@H]1O[C@@H]([N+]2(C)C=CC=C(C(N)=O)C2)[C@H](OC(C)=O)[C@@H]1OC(C)=O. The lowest BCUT2D eigenvalue weighted by atomic mass is 10.1.